The number of carboxylic acids is 1. The molecular weight excluding hydrogens is 346 g/mol. The highest BCUT2D eigenvalue weighted by atomic mass is 35.5. The molecule has 1 amide bonds. The molecule has 0 aliphatic heterocycles. The number of aliphatic carboxylic acids is 1. The van der Waals surface area contributed by atoms with Crippen molar-refractivity contribution in [2.75, 3.05) is 14.2 Å². The molecule has 2 rings (SSSR count). The van der Waals surface area contributed by atoms with Crippen LogP contribution in [0.15, 0.2) is 48.2 Å². The first kappa shape index (κ1) is 18.4. The standard InChI is InChI=1S/C18H16ClNO5/c1-24-12-7-8-16(25-2)11(9-12)10-15(18(22)23)20-17(21)13-5-3-4-6-14(13)19/h3-10H,1-2H3,(H,20,21)(H,22,23). The van der Waals surface area contributed by atoms with E-state index in [1.165, 1.54) is 26.4 Å². The quantitative estimate of drug-likeness (QED) is 0.772. The van der Waals surface area contributed by atoms with Gasteiger partial charge in [0.2, 0.25) is 0 Å². The van der Waals surface area contributed by atoms with E-state index in [0.29, 0.717) is 17.1 Å². The molecule has 0 fully saturated rings. The summed E-state index contributed by atoms with van der Waals surface area (Å²) >= 11 is 5.97. The van der Waals surface area contributed by atoms with Crippen LogP contribution in [0.5, 0.6) is 11.5 Å². The van der Waals surface area contributed by atoms with Gasteiger partial charge in [-0.15, -0.1) is 0 Å². The van der Waals surface area contributed by atoms with Gasteiger partial charge in [0.1, 0.15) is 17.2 Å². The molecule has 0 aromatic heterocycles. The Morgan fingerprint density at radius 2 is 1.84 bits per heavy atom. The molecule has 6 nitrogen and oxygen atoms in total. The molecule has 0 spiro atoms. The number of benzene rings is 2. The molecule has 0 aliphatic rings. The highest BCUT2D eigenvalue weighted by molar-refractivity contribution is 6.34. The van der Waals surface area contributed by atoms with Crippen LogP contribution in [0.25, 0.3) is 6.08 Å². The first-order chi connectivity index (χ1) is 12.0. The van der Waals surface area contributed by atoms with Gasteiger partial charge in [0, 0.05) is 5.56 Å². The van der Waals surface area contributed by atoms with Crippen molar-refractivity contribution in [3.63, 3.8) is 0 Å². The molecular formula is C18H16ClNO5. The predicted octanol–water partition coefficient (Wildman–Crippen LogP) is 3.21. The summed E-state index contributed by atoms with van der Waals surface area (Å²) in [6.07, 6.45) is 1.29. The molecule has 0 atom stereocenters. The Morgan fingerprint density at radius 1 is 1.12 bits per heavy atom. The lowest BCUT2D eigenvalue weighted by molar-refractivity contribution is -0.132. The molecule has 0 aliphatic carbocycles. The number of amides is 1. The van der Waals surface area contributed by atoms with E-state index < -0.39 is 11.9 Å². The van der Waals surface area contributed by atoms with Crippen LogP contribution in [0.4, 0.5) is 0 Å². The van der Waals surface area contributed by atoms with Crippen LogP contribution >= 0.6 is 11.6 Å². The van der Waals surface area contributed by atoms with Gasteiger partial charge < -0.3 is 19.9 Å². The van der Waals surface area contributed by atoms with E-state index in [4.69, 9.17) is 21.1 Å². The van der Waals surface area contributed by atoms with Gasteiger partial charge >= 0.3 is 5.97 Å². The molecule has 25 heavy (non-hydrogen) atoms. The summed E-state index contributed by atoms with van der Waals surface area (Å²) in [5.41, 5.74) is 0.295. The highest BCUT2D eigenvalue weighted by Gasteiger charge is 2.16. The van der Waals surface area contributed by atoms with Crippen LogP contribution in [0.2, 0.25) is 5.02 Å². The fourth-order valence-electron chi connectivity index (χ4n) is 2.09. The van der Waals surface area contributed by atoms with Crippen molar-refractivity contribution in [3.05, 3.63) is 64.3 Å². The van der Waals surface area contributed by atoms with E-state index in [0.717, 1.165) is 0 Å². The average molecular weight is 362 g/mol. The summed E-state index contributed by atoms with van der Waals surface area (Å²) in [4.78, 5) is 23.8. The Balaban J connectivity index is 2.38. The van der Waals surface area contributed by atoms with Gasteiger partial charge in [-0.2, -0.15) is 0 Å². The summed E-state index contributed by atoms with van der Waals surface area (Å²) in [7, 11) is 2.95. The Hall–Kier alpha value is -2.99. The maximum absolute atomic E-state index is 12.3. The minimum atomic E-state index is -1.30. The topological polar surface area (TPSA) is 84.9 Å². The van der Waals surface area contributed by atoms with Gasteiger partial charge in [0.05, 0.1) is 24.8 Å². The van der Waals surface area contributed by atoms with Gasteiger partial charge in [0.25, 0.3) is 5.91 Å². The fraction of sp³-hybridized carbons (Fsp3) is 0.111. The average Bonchev–Trinajstić information content (AvgIpc) is 2.61. The number of hydrogen-bond donors (Lipinski definition) is 2. The van der Waals surface area contributed by atoms with Crippen LogP contribution in [-0.2, 0) is 4.79 Å². The molecule has 0 saturated carbocycles. The molecule has 0 saturated heterocycles. The lowest BCUT2D eigenvalue weighted by atomic mass is 10.1. The van der Waals surface area contributed by atoms with E-state index in [2.05, 4.69) is 5.32 Å². The van der Waals surface area contributed by atoms with Crippen molar-refractivity contribution in [1.82, 2.24) is 5.32 Å². The van der Waals surface area contributed by atoms with Crippen molar-refractivity contribution in [1.29, 1.82) is 0 Å². The molecule has 130 valence electrons. The molecule has 0 unspecified atom stereocenters. The van der Waals surface area contributed by atoms with E-state index in [-0.39, 0.29) is 16.3 Å². The van der Waals surface area contributed by atoms with Crippen molar-refractivity contribution >= 4 is 29.6 Å². The lowest BCUT2D eigenvalue weighted by Gasteiger charge is -2.10. The normalized spacial score (nSPS) is 10.9. The third kappa shape index (κ3) is 4.51. The number of nitrogens with one attached hydrogen (secondary N) is 1. The monoisotopic (exact) mass is 361 g/mol. The largest absolute Gasteiger partial charge is 0.497 e. The molecule has 0 bridgehead atoms. The van der Waals surface area contributed by atoms with Gasteiger partial charge in [0.15, 0.2) is 0 Å². The second-order valence-corrected chi connectivity index (χ2v) is 5.31. The summed E-state index contributed by atoms with van der Waals surface area (Å²) in [6, 6.07) is 11.3. The number of carbonyl (C=O) groups is 2. The molecule has 0 radical (unpaired) electrons. The highest BCUT2D eigenvalue weighted by Crippen LogP contribution is 2.26. The zero-order valence-electron chi connectivity index (χ0n) is 13.6. The second kappa shape index (κ2) is 8.21. The molecule has 7 heteroatoms. The Morgan fingerprint density at radius 3 is 2.44 bits per heavy atom. The van der Waals surface area contributed by atoms with Gasteiger partial charge in [-0.05, 0) is 36.4 Å². The van der Waals surface area contributed by atoms with Crippen LogP contribution < -0.4 is 14.8 Å². The molecule has 0 heterocycles. The summed E-state index contributed by atoms with van der Waals surface area (Å²) < 4.78 is 10.3. The SMILES string of the molecule is COc1ccc(OC)c(C=C(NC(=O)c2ccccc2Cl)C(=O)O)c1. The van der Waals surface area contributed by atoms with Gasteiger partial charge in [-0.25, -0.2) is 4.79 Å². The molecule has 2 aromatic carbocycles. The third-order valence-corrected chi connectivity index (χ3v) is 3.66. The van der Waals surface area contributed by atoms with Crippen molar-refractivity contribution in [2.24, 2.45) is 0 Å². The number of halogens is 1. The van der Waals surface area contributed by atoms with E-state index in [9.17, 15) is 14.7 Å². The van der Waals surface area contributed by atoms with E-state index in [1.807, 2.05) is 0 Å². The number of hydrogen-bond acceptors (Lipinski definition) is 4. The third-order valence-electron chi connectivity index (χ3n) is 3.33. The van der Waals surface area contributed by atoms with Crippen LogP contribution in [0.3, 0.4) is 0 Å². The minimum absolute atomic E-state index is 0.175. The first-order valence-electron chi connectivity index (χ1n) is 7.19. The number of carboxylic acid groups (broad SMARTS) is 1. The fourth-order valence-corrected chi connectivity index (χ4v) is 2.32. The first-order valence-corrected chi connectivity index (χ1v) is 7.57. The zero-order chi connectivity index (χ0) is 18.4. The van der Waals surface area contributed by atoms with Crippen molar-refractivity contribution in [2.45, 2.75) is 0 Å². The maximum Gasteiger partial charge on any atom is 0.352 e. The van der Waals surface area contributed by atoms with E-state index >= 15 is 0 Å². The Kier molecular flexibility index (Phi) is 6.03. The van der Waals surface area contributed by atoms with Crippen molar-refractivity contribution < 1.29 is 24.2 Å². The maximum atomic E-state index is 12.3. The predicted molar refractivity (Wildman–Crippen MR) is 94.1 cm³/mol. The molecule has 2 aromatic rings. The van der Waals surface area contributed by atoms with Gasteiger partial charge in [-0.1, -0.05) is 23.7 Å². The lowest BCUT2D eigenvalue weighted by Crippen LogP contribution is -2.27. The zero-order valence-corrected chi connectivity index (χ0v) is 14.3. The number of rotatable bonds is 6. The van der Waals surface area contributed by atoms with Crippen LogP contribution in [-0.4, -0.2) is 31.2 Å². The Labute approximate surface area is 149 Å². The Bertz CT molecular complexity index is 832. The summed E-state index contributed by atoms with van der Waals surface area (Å²) in [5.74, 6) is -0.966. The number of methoxy groups -OCH3 is 2. The van der Waals surface area contributed by atoms with Crippen molar-refractivity contribution in [3.8, 4) is 11.5 Å². The molecule has 2 N–H and O–H groups in total. The number of carbonyl (C=O) groups excluding carboxylic acids is 1. The van der Waals surface area contributed by atoms with Crippen LogP contribution in [0, 0.1) is 0 Å². The van der Waals surface area contributed by atoms with E-state index in [1.54, 1.807) is 36.4 Å². The van der Waals surface area contributed by atoms with Crippen LogP contribution in [0.1, 0.15) is 15.9 Å². The smallest absolute Gasteiger partial charge is 0.352 e. The second-order valence-electron chi connectivity index (χ2n) is 4.91. The van der Waals surface area contributed by atoms with Gasteiger partial charge in [-0.3, -0.25) is 4.79 Å². The number of ether oxygens (including phenoxy) is 2. The summed E-state index contributed by atoms with van der Waals surface area (Å²) in [5, 5.41) is 12.0. The minimum Gasteiger partial charge on any atom is -0.497 e. The summed E-state index contributed by atoms with van der Waals surface area (Å²) in [6.45, 7) is 0.